The third-order valence-corrected chi connectivity index (χ3v) is 5.90. The van der Waals surface area contributed by atoms with E-state index in [1.165, 1.54) is 24.4 Å². The second-order valence-electron chi connectivity index (χ2n) is 8.63. The molecule has 1 saturated heterocycles. The lowest BCUT2D eigenvalue weighted by molar-refractivity contribution is -0.136. The number of hydrogen-bond acceptors (Lipinski definition) is 8. The summed E-state index contributed by atoms with van der Waals surface area (Å²) in [4.78, 5) is 28.4. The third-order valence-electron chi connectivity index (χ3n) is 5.90. The van der Waals surface area contributed by atoms with Crippen LogP contribution >= 0.6 is 0 Å². The second kappa shape index (κ2) is 11.4. The fraction of sp³-hybridized carbons (Fsp3) is 0.231. The maximum atomic E-state index is 13.2. The minimum absolute atomic E-state index is 0.0524. The lowest BCUT2D eigenvalue weighted by Crippen LogP contribution is -2.37. The van der Waals surface area contributed by atoms with Gasteiger partial charge in [0.15, 0.2) is 5.84 Å². The Morgan fingerprint density at radius 1 is 1.21 bits per heavy atom. The number of aliphatic imine (C=N–C) groups is 1. The van der Waals surface area contributed by atoms with Crippen molar-refractivity contribution in [2.24, 2.45) is 10.7 Å². The van der Waals surface area contributed by atoms with Crippen molar-refractivity contribution >= 4 is 40.4 Å². The highest BCUT2D eigenvalue weighted by Crippen LogP contribution is 2.35. The van der Waals surface area contributed by atoms with Gasteiger partial charge in [-0.2, -0.15) is 13.2 Å². The molecule has 204 valence electrons. The summed E-state index contributed by atoms with van der Waals surface area (Å²) in [6, 6.07) is 7.85. The van der Waals surface area contributed by atoms with E-state index in [0.717, 1.165) is 12.1 Å². The summed E-state index contributed by atoms with van der Waals surface area (Å²) in [5.41, 5.74) is 12.4. The predicted molar refractivity (Wildman–Crippen MR) is 144 cm³/mol. The van der Waals surface area contributed by atoms with Crippen molar-refractivity contribution < 1.29 is 22.7 Å². The average Bonchev–Trinajstić information content (AvgIpc) is 2.91. The Balaban J connectivity index is 1.63. The normalized spacial score (nSPS) is 14.2. The molecule has 1 aromatic heterocycles. The Morgan fingerprint density at radius 3 is 2.64 bits per heavy atom. The number of carbonyl (C=O) groups is 1. The Labute approximate surface area is 222 Å². The number of carbonyl (C=O) groups excluding carboxylic acids is 1. The van der Waals surface area contributed by atoms with Crippen molar-refractivity contribution in [1.29, 1.82) is 0 Å². The number of rotatable bonds is 7. The molecule has 13 heteroatoms. The second-order valence-corrected chi connectivity index (χ2v) is 8.63. The van der Waals surface area contributed by atoms with Crippen LogP contribution in [0.2, 0.25) is 0 Å². The van der Waals surface area contributed by atoms with Crippen LogP contribution in [0.1, 0.15) is 27.2 Å². The largest absolute Gasteiger partial charge is 0.418 e. The topological polar surface area (TPSA) is 144 Å². The first-order chi connectivity index (χ1) is 18.6. The molecular weight excluding hydrogens is 513 g/mol. The molecule has 1 aliphatic rings. The van der Waals surface area contributed by atoms with E-state index in [2.05, 4.69) is 32.2 Å². The minimum Gasteiger partial charge on any atom is -0.398 e. The highest BCUT2D eigenvalue weighted by Gasteiger charge is 2.33. The molecule has 0 saturated carbocycles. The molecule has 0 unspecified atom stereocenters. The van der Waals surface area contributed by atoms with Gasteiger partial charge in [-0.1, -0.05) is 12.6 Å². The number of anilines is 4. The quantitative estimate of drug-likeness (QED) is 0.200. The first kappa shape index (κ1) is 27.4. The lowest BCUT2D eigenvalue weighted by atomic mass is 10.1. The van der Waals surface area contributed by atoms with Crippen molar-refractivity contribution in [2.75, 3.05) is 47.6 Å². The van der Waals surface area contributed by atoms with E-state index < -0.39 is 23.3 Å². The average molecular weight is 541 g/mol. The molecule has 1 aliphatic heterocycles. The number of alkyl halides is 3. The van der Waals surface area contributed by atoms with Crippen molar-refractivity contribution in [2.45, 2.75) is 13.1 Å². The Kier molecular flexibility index (Phi) is 8.00. The number of nitrogens with two attached hydrogens (primary N) is 2. The van der Waals surface area contributed by atoms with E-state index in [4.69, 9.17) is 16.2 Å². The van der Waals surface area contributed by atoms with Gasteiger partial charge < -0.3 is 31.7 Å². The van der Waals surface area contributed by atoms with Crippen molar-refractivity contribution in [1.82, 2.24) is 9.97 Å². The van der Waals surface area contributed by atoms with E-state index in [1.54, 1.807) is 19.2 Å². The molecule has 6 N–H and O–H groups in total. The molecule has 0 atom stereocenters. The number of ether oxygens (including phenoxy) is 1. The first-order valence-electron chi connectivity index (χ1n) is 11.9. The Hall–Kier alpha value is -4.65. The first-order valence-corrected chi connectivity index (χ1v) is 11.9. The van der Waals surface area contributed by atoms with Gasteiger partial charge in [0.05, 0.1) is 36.3 Å². The molecule has 0 bridgehead atoms. The van der Waals surface area contributed by atoms with E-state index in [1.807, 2.05) is 4.90 Å². The summed E-state index contributed by atoms with van der Waals surface area (Å²) in [5.74, 6) is -0.105. The number of aryl methyl sites for hydroxylation is 1. The van der Waals surface area contributed by atoms with Crippen LogP contribution in [0, 0.1) is 6.92 Å². The van der Waals surface area contributed by atoms with Crippen molar-refractivity contribution in [3.05, 3.63) is 77.8 Å². The van der Waals surface area contributed by atoms with Crippen LogP contribution in [-0.4, -0.2) is 48.0 Å². The standard InChI is InChI=1S/C26H27F3N8O2/c1-3-32-21-14-33-25(37-8-10-39-11-9-37)36-22(21)23(31)35-20-12-16(5-4-15(20)2)24(38)34-17-6-7-19(30)18(13-17)26(27,28)29/h3-7,12-14,32H,1,8-11,30H2,2H3,(H2,31,35)(H,34,38). The fourth-order valence-electron chi connectivity index (χ4n) is 3.84. The fourth-order valence-corrected chi connectivity index (χ4v) is 3.84. The van der Waals surface area contributed by atoms with E-state index in [0.29, 0.717) is 54.9 Å². The van der Waals surface area contributed by atoms with E-state index in [9.17, 15) is 18.0 Å². The van der Waals surface area contributed by atoms with Gasteiger partial charge in [-0.3, -0.25) is 4.79 Å². The Bertz CT molecular complexity index is 1420. The Morgan fingerprint density at radius 2 is 1.95 bits per heavy atom. The number of halogens is 3. The van der Waals surface area contributed by atoms with Crippen molar-refractivity contribution in [3.8, 4) is 0 Å². The molecule has 39 heavy (non-hydrogen) atoms. The molecule has 0 spiro atoms. The molecule has 1 fully saturated rings. The maximum absolute atomic E-state index is 13.2. The minimum atomic E-state index is -4.66. The lowest BCUT2D eigenvalue weighted by Gasteiger charge is -2.27. The summed E-state index contributed by atoms with van der Waals surface area (Å²) in [5, 5.41) is 5.41. The summed E-state index contributed by atoms with van der Waals surface area (Å²) >= 11 is 0. The molecular formula is C26H27F3N8O2. The van der Waals surface area contributed by atoms with E-state index in [-0.39, 0.29) is 17.1 Å². The predicted octanol–water partition coefficient (Wildman–Crippen LogP) is 4.07. The van der Waals surface area contributed by atoms with Crippen LogP contribution < -0.4 is 27.0 Å². The van der Waals surface area contributed by atoms with Gasteiger partial charge in [0.1, 0.15) is 5.69 Å². The zero-order valence-corrected chi connectivity index (χ0v) is 21.0. The highest BCUT2D eigenvalue weighted by atomic mass is 19.4. The molecule has 0 radical (unpaired) electrons. The number of hydrogen-bond donors (Lipinski definition) is 4. The zero-order chi connectivity index (χ0) is 28.2. The molecule has 4 rings (SSSR count). The zero-order valence-electron chi connectivity index (χ0n) is 21.0. The molecule has 0 aliphatic carbocycles. The van der Waals surface area contributed by atoms with Gasteiger partial charge in [0, 0.05) is 30.0 Å². The number of nitrogens with one attached hydrogen (secondary N) is 2. The molecule has 10 nitrogen and oxygen atoms in total. The van der Waals surface area contributed by atoms with E-state index >= 15 is 0 Å². The van der Waals surface area contributed by atoms with Gasteiger partial charge in [-0.15, -0.1) is 0 Å². The summed E-state index contributed by atoms with van der Waals surface area (Å²) < 4.78 is 45.0. The van der Waals surface area contributed by atoms with Crippen molar-refractivity contribution in [3.63, 3.8) is 0 Å². The van der Waals surface area contributed by atoms with Gasteiger partial charge in [-0.25, -0.2) is 15.0 Å². The van der Waals surface area contributed by atoms with Crippen LogP contribution in [0.5, 0.6) is 0 Å². The number of morpholine rings is 1. The molecule has 2 heterocycles. The van der Waals surface area contributed by atoms with Gasteiger partial charge >= 0.3 is 6.18 Å². The smallest absolute Gasteiger partial charge is 0.398 e. The van der Waals surface area contributed by atoms with Gasteiger partial charge in [0.2, 0.25) is 5.95 Å². The van der Waals surface area contributed by atoms with Gasteiger partial charge in [0.25, 0.3) is 5.91 Å². The number of amidine groups is 1. The summed E-state index contributed by atoms with van der Waals surface area (Å²) in [7, 11) is 0. The summed E-state index contributed by atoms with van der Waals surface area (Å²) in [6.07, 6.45) is -1.62. The van der Waals surface area contributed by atoms with Crippen LogP contribution in [-0.2, 0) is 10.9 Å². The molecule has 1 amide bonds. The number of aromatic nitrogens is 2. The van der Waals surface area contributed by atoms with Crippen LogP contribution in [0.15, 0.2) is 60.4 Å². The monoisotopic (exact) mass is 540 g/mol. The number of nitrogens with zero attached hydrogens (tertiary/aromatic N) is 4. The third kappa shape index (κ3) is 6.44. The number of nitrogen functional groups attached to an aromatic ring is 1. The highest BCUT2D eigenvalue weighted by molar-refractivity contribution is 6.06. The van der Waals surface area contributed by atoms with Crippen LogP contribution in [0.25, 0.3) is 0 Å². The number of amides is 1. The maximum Gasteiger partial charge on any atom is 0.418 e. The molecule has 3 aromatic rings. The molecule has 2 aromatic carbocycles. The van der Waals surface area contributed by atoms with Gasteiger partial charge in [-0.05, 0) is 49.0 Å². The SMILES string of the molecule is C=CNc1cnc(N2CCOCC2)nc1C(N)=Nc1cc(C(=O)Nc2ccc(N)c(C(F)(F)F)c2)ccc1C. The number of benzene rings is 2. The van der Waals surface area contributed by atoms with Crippen LogP contribution in [0.3, 0.4) is 0 Å². The van der Waals surface area contributed by atoms with Crippen LogP contribution in [0.4, 0.5) is 41.9 Å². The summed E-state index contributed by atoms with van der Waals surface area (Å²) in [6.45, 7) is 7.80.